The maximum absolute atomic E-state index is 12.4. The predicted octanol–water partition coefficient (Wildman–Crippen LogP) is 1.99. The van der Waals surface area contributed by atoms with Crippen molar-refractivity contribution in [1.29, 1.82) is 5.26 Å². The molecule has 1 N–H and O–H groups in total. The first-order chi connectivity index (χ1) is 11.5. The zero-order valence-corrected chi connectivity index (χ0v) is 13.7. The summed E-state index contributed by atoms with van der Waals surface area (Å²) in [6.07, 6.45) is 0.417. The monoisotopic (exact) mass is 321 g/mol. The summed E-state index contributed by atoms with van der Waals surface area (Å²) in [7, 11) is 3.32. The Hall–Kier alpha value is -3.13. The Morgan fingerprint density at radius 3 is 2.25 bits per heavy atom. The third kappa shape index (κ3) is 4.43. The van der Waals surface area contributed by atoms with E-state index in [1.54, 1.807) is 38.4 Å². The Labute approximate surface area is 141 Å². The van der Waals surface area contributed by atoms with Crippen LogP contribution in [0.2, 0.25) is 0 Å². The van der Waals surface area contributed by atoms with E-state index in [1.807, 2.05) is 36.4 Å². The molecular weight excluding hydrogens is 302 g/mol. The number of nitrogens with one attached hydrogen (secondary N) is 1. The van der Waals surface area contributed by atoms with Gasteiger partial charge in [-0.05, 0) is 29.8 Å². The molecule has 0 aliphatic rings. The highest BCUT2D eigenvalue weighted by Crippen LogP contribution is 2.08. The van der Waals surface area contributed by atoms with Crippen LogP contribution in [0, 0.1) is 11.3 Å². The van der Waals surface area contributed by atoms with Gasteiger partial charge in [-0.25, -0.2) is 0 Å². The molecule has 1 atom stereocenters. The average molecular weight is 321 g/mol. The fourth-order valence-electron chi connectivity index (χ4n) is 2.30. The molecule has 2 amide bonds. The van der Waals surface area contributed by atoms with Crippen molar-refractivity contribution in [3.8, 4) is 6.07 Å². The van der Waals surface area contributed by atoms with Crippen LogP contribution in [0.3, 0.4) is 0 Å². The highest BCUT2D eigenvalue weighted by molar-refractivity contribution is 5.97. The summed E-state index contributed by atoms with van der Waals surface area (Å²) in [5, 5.41) is 11.6. The molecule has 0 saturated heterocycles. The fourth-order valence-corrected chi connectivity index (χ4v) is 2.30. The number of hydrogen-bond donors (Lipinski definition) is 1. The highest BCUT2D eigenvalue weighted by atomic mass is 16.2. The van der Waals surface area contributed by atoms with E-state index in [9.17, 15) is 9.59 Å². The van der Waals surface area contributed by atoms with Crippen molar-refractivity contribution in [2.24, 2.45) is 0 Å². The SMILES string of the molecule is CN(C)C(=O)[C@H](Cc1ccccc1)NC(=O)c1ccc(C#N)cc1. The molecule has 24 heavy (non-hydrogen) atoms. The predicted molar refractivity (Wildman–Crippen MR) is 91.3 cm³/mol. The lowest BCUT2D eigenvalue weighted by atomic mass is 10.0. The van der Waals surface area contributed by atoms with Crippen LogP contribution in [0.4, 0.5) is 0 Å². The maximum atomic E-state index is 12.4. The van der Waals surface area contributed by atoms with E-state index >= 15 is 0 Å². The van der Waals surface area contributed by atoms with E-state index in [-0.39, 0.29) is 11.8 Å². The molecule has 122 valence electrons. The minimum Gasteiger partial charge on any atom is -0.347 e. The van der Waals surface area contributed by atoms with Crippen molar-refractivity contribution in [3.63, 3.8) is 0 Å². The van der Waals surface area contributed by atoms with Gasteiger partial charge >= 0.3 is 0 Å². The molecule has 0 bridgehead atoms. The molecule has 0 aliphatic heterocycles. The van der Waals surface area contributed by atoms with Crippen LogP contribution < -0.4 is 5.32 Å². The van der Waals surface area contributed by atoms with Crippen molar-refractivity contribution >= 4 is 11.8 Å². The molecule has 0 saturated carbocycles. The largest absolute Gasteiger partial charge is 0.347 e. The molecule has 2 rings (SSSR count). The average Bonchev–Trinajstić information content (AvgIpc) is 2.61. The van der Waals surface area contributed by atoms with Crippen molar-refractivity contribution in [2.75, 3.05) is 14.1 Å². The van der Waals surface area contributed by atoms with E-state index in [0.29, 0.717) is 17.5 Å². The van der Waals surface area contributed by atoms with Crippen LogP contribution in [-0.2, 0) is 11.2 Å². The number of nitriles is 1. The summed E-state index contributed by atoms with van der Waals surface area (Å²) >= 11 is 0. The lowest BCUT2D eigenvalue weighted by molar-refractivity contribution is -0.130. The first kappa shape index (κ1) is 17.2. The first-order valence-corrected chi connectivity index (χ1v) is 7.57. The number of carbonyl (C=O) groups is 2. The third-order valence-corrected chi connectivity index (χ3v) is 3.60. The molecule has 2 aromatic carbocycles. The second-order valence-corrected chi connectivity index (χ2v) is 5.64. The van der Waals surface area contributed by atoms with E-state index < -0.39 is 6.04 Å². The summed E-state index contributed by atoms with van der Waals surface area (Å²) in [4.78, 5) is 26.3. The Kier molecular flexibility index (Phi) is 5.69. The Balaban J connectivity index is 2.16. The molecule has 0 unspecified atom stereocenters. The molecule has 0 spiro atoms. The minimum absolute atomic E-state index is 0.166. The number of amides is 2. The molecule has 0 aliphatic carbocycles. The Morgan fingerprint density at radius 2 is 1.71 bits per heavy atom. The van der Waals surface area contributed by atoms with Gasteiger partial charge in [-0.15, -0.1) is 0 Å². The number of nitrogens with zero attached hydrogens (tertiary/aromatic N) is 2. The number of rotatable bonds is 5. The maximum Gasteiger partial charge on any atom is 0.251 e. The van der Waals surface area contributed by atoms with Gasteiger partial charge in [0, 0.05) is 26.1 Å². The number of carbonyl (C=O) groups excluding carboxylic acids is 2. The van der Waals surface area contributed by atoms with Gasteiger partial charge in [0.1, 0.15) is 6.04 Å². The topological polar surface area (TPSA) is 73.2 Å². The van der Waals surface area contributed by atoms with Crippen LogP contribution in [0.5, 0.6) is 0 Å². The van der Waals surface area contributed by atoms with Crippen LogP contribution >= 0.6 is 0 Å². The zero-order chi connectivity index (χ0) is 17.5. The van der Waals surface area contributed by atoms with Gasteiger partial charge in [0.05, 0.1) is 11.6 Å². The standard InChI is InChI=1S/C19H19N3O2/c1-22(2)19(24)17(12-14-6-4-3-5-7-14)21-18(23)16-10-8-15(13-20)9-11-16/h3-11,17H,12H2,1-2H3,(H,21,23)/t17-/m0/s1. The lowest BCUT2D eigenvalue weighted by Gasteiger charge is -2.22. The van der Waals surface area contributed by atoms with Crippen molar-refractivity contribution in [2.45, 2.75) is 12.5 Å². The van der Waals surface area contributed by atoms with E-state index in [2.05, 4.69) is 5.32 Å². The highest BCUT2D eigenvalue weighted by Gasteiger charge is 2.23. The van der Waals surface area contributed by atoms with Gasteiger partial charge in [0.25, 0.3) is 5.91 Å². The summed E-state index contributed by atoms with van der Waals surface area (Å²) in [6, 6.07) is 17.2. The molecular formula is C19H19N3O2. The van der Waals surface area contributed by atoms with Gasteiger partial charge < -0.3 is 10.2 Å². The summed E-state index contributed by atoms with van der Waals surface area (Å²) in [5.41, 5.74) is 1.87. The second kappa shape index (κ2) is 7.93. The van der Waals surface area contributed by atoms with Gasteiger partial charge in [-0.1, -0.05) is 30.3 Å². The number of benzene rings is 2. The smallest absolute Gasteiger partial charge is 0.251 e. The quantitative estimate of drug-likeness (QED) is 0.915. The van der Waals surface area contributed by atoms with E-state index in [0.717, 1.165) is 5.56 Å². The fraction of sp³-hybridized carbons (Fsp3) is 0.211. The Morgan fingerprint density at radius 1 is 1.08 bits per heavy atom. The summed E-state index contributed by atoms with van der Waals surface area (Å²) < 4.78 is 0. The number of hydrogen-bond acceptors (Lipinski definition) is 3. The molecule has 0 radical (unpaired) electrons. The molecule has 5 heteroatoms. The van der Waals surface area contributed by atoms with Gasteiger partial charge in [0.15, 0.2) is 0 Å². The molecule has 2 aromatic rings. The summed E-state index contributed by atoms with van der Waals surface area (Å²) in [6.45, 7) is 0. The van der Waals surface area contributed by atoms with Crippen LogP contribution in [0.15, 0.2) is 54.6 Å². The van der Waals surface area contributed by atoms with Gasteiger partial charge in [-0.2, -0.15) is 5.26 Å². The lowest BCUT2D eigenvalue weighted by Crippen LogP contribution is -2.47. The van der Waals surface area contributed by atoms with Gasteiger partial charge in [-0.3, -0.25) is 9.59 Å². The molecule has 5 nitrogen and oxygen atoms in total. The normalized spacial score (nSPS) is 11.2. The molecule has 0 aromatic heterocycles. The minimum atomic E-state index is -0.648. The van der Waals surface area contributed by atoms with Crippen molar-refractivity contribution < 1.29 is 9.59 Å². The second-order valence-electron chi connectivity index (χ2n) is 5.64. The molecule has 0 fully saturated rings. The number of likely N-dealkylation sites (N-methyl/N-ethyl adjacent to an activating group) is 1. The van der Waals surface area contributed by atoms with Crippen molar-refractivity contribution in [3.05, 3.63) is 71.3 Å². The van der Waals surface area contributed by atoms with Crippen LogP contribution in [0.1, 0.15) is 21.5 Å². The third-order valence-electron chi connectivity index (χ3n) is 3.60. The van der Waals surface area contributed by atoms with Crippen molar-refractivity contribution in [1.82, 2.24) is 10.2 Å². The Bertz CT molecular complexity index is 746. The van der Waals surface area contributed by atoms with Crippen LogP contribution in [-0.4, -0.2) is 36.9 Å². The van der Waals surface area contributed by atoms with Crippen LogP contribution in [0.25, 0.3) is 0 Å². The summed E-state index contributed by atoms with van der Waals surface area (Å²) in [5.74, 6) is -0.503. The van der Waals surface area contributed by atoms with E-state index in [4.69, 9.17) is 5.26 Å². The van der Waals surface area contributed by atoms with Gasteiger partial charge in [0.2, 0.25) is 5.91 Å². The zero-order valence-electron chi connectivity index (χ0n) is 13.7. The van der Waals surface area contributed by atoms with E-state index in [1.165, 1.54) is 4.90 Å². The first-order valence-electron chi connectivity index (χ1n) is 7.57. The molecule has 0 heterocycles.